The van der Waals surface area contributed by atoms with Gasteiger partial charge in [-0.1, -0.05) is 11.8 Å². The van der Waals surface area contributed by atoms with Crippen molar-refractivity contribution in [2.75, 3.05) is 11.1 Å². The van der Waals surface area contributed by atoms with Crippen LogP contribution in [0.25, 0.3) is 0 Å². The Hall–Kier alpha value is -2.97. The van der Waals surface area contributed by atoms with Gasteiger partial charge in [0.05, 0.1) is 11.3 Å². The number of anilines is 1. The topological polar surface area (TPSA) is 92.8 Å². The van der Waals surface area contributed by atoms with Crippen LogP contribution in [0, 0.1) is 23.0 Å². The van der Waals surface area contributed by atoms with Gasteiger partial charge in [-0.05, 0) is 37.4 Å². The predicted molar refractivity (Wildman–Crippen MR) is 109 cm³/mol. The minimum atomic E-state index is -0.805. The average molecular weight is 450 g/mol. The van der Waals surface area contributed by atoms with Crippen molar-refractivity contribution in [2.24, 2.45) is 0 Å². The van der Waals surface area contributed by atoms with Crippen molar-refractivity contribution in [3.63, 3.8) is 0 Å². The zero-order chi connectivity index (χ0) is 21.7. The van der Waals surface area contributed by atoms with E-state index in [4.69, 9.17) is 10.00 Å². The van der Waals surface area contributed by atoms with Crippen LogP contribution in [-0.2, 0) is 11.3 Å². The van der Waals surface area contributed by atoms with E-state index in [-0.39, 0.29) is 17.4 Å². The lowest BCUT2D eigenvalue weighted by molar-refractivity contribution is -0.113. The highest BCUT2D eigenvalue weighted by Gasteiger charge is 2.21. The van der Waals surface area contributed by atoms with Crippen molar-refractivity contribution in [1.29, 1.82) is 5.26 Å². The molecule has 1 aromatic carbocycles. The minimum Gasteiger partial charge on any atom is -0.480 e. The van der Waals surface area contributed by atoms with Crippen molar-refractivity contribution in [3.05, 3.63) is 52.7 Å². The van der Waals surface area contributed by atoms with Crippen LogP contribution in [0.4, 0.5) is 13.8 Å². The van der Waals surface area contributed by atoms with Gasteiger partial charge in [0.25, 0.3) is 0 Å². The number of amides is 1. The summed E-state index contributed by atoms with van der Waals surface area (Å²) in [5.41, 5.74) is 0.413. The van der Waals surface area contributed by atoms with E-state index in [1.54, 1.807) is 22.9 Å². The number of thiophene rings is 1. The van der Waals surface area contributed by atoms with Gasteiger partial charge in [0.1, 0.15) is 16.9 Å². The molecule has 1 atom stereocenters. The van der Waals surface area contributed by atoms with Crippen molar-refractivity contribution in [3.8, 4) is 11.8 Å². The number of hydrogen-bond acceptors (Lipinski definition) is 7. The smallest absolute Gasteiger partial charge is 0.235 e. The molecule has 2 heterocycles. The summed E-state index contributed by atoms with van der Waals surface area (Å²) in [7, 11) is 0. The normalized spacial score (nSPS) is 11.7. The standard InChI is InChI=1S/C19H17F2N5O2S2/c1-3-26-17(11(2)28-15-5-4-13(20)8-14(15)21)24-25-19(26)30-10-16(27)23-18-12(9-22)6-7-29-18/h4-8,11H,3,10H2,1-2H3,(H,23,27). The van der Waals surface area contributed by atoms with Gasteiger partial charge < -0.3 is 14.6 Å². The van der Waals surface area contributed by atoms with Crippen LogP contribution in [0.2, 0.25) is 0 Å². The van der Waals surface area contributed by atoms with Crippen LogP contribution in [-0.4, -0.2) is 26.4 Å². The maximum atomic E-state index is 13.9. The Morgan fingerprint density at radius 3 is 2.90 bits per heavy atom. The molecule has 1 N–H and O–H groups in total. The molecule has 0 fully saturated rings. The SMILES string of the molecule is CCn1c(SCC(=O)Nc2sccc2C#N)nnc1C(C)Oc1ccc(F)cc1F. The number of nitrogens with zero attached hydrogens (tertiary/aromatic N) is 4. The Bertz CT molecular complexity index is 1090. The third kappa shape index (κ3) is 4.95. The quantitative estimate of drug-likeness (QED) is 0.513. The fourth-order valence-corrected chi connectivity index (χ4v) is 4.17. The van der Waals surface area contributed by atoms with E-state index in [2.05, 4.69) is 15.5 Å². The number of carbonyl (C=O) groups is 1. The van der Waals surface area contributed by atoms with Gasteiger partial charge in [0, 0.05) is 12.6 Å². The number of nitriles is 1. The third-order valence-corrected chi connectivity index (χ3v) is 5.79. The van der Waals surface area contributed by atoms with Gasteiger partial charge in [-0.2, -0.15) is 5.26 Å². The van der Waals surface area contributed by atoms with E-state index in [1.807, 2.05) is 13.0 Å². The molecule has 30 heavy (non-hydrogen) atoms. The number of benzene rings is 1. The minimum absolute atomic E-state index is 0.0722. The monoisotopic (exact) mass is 449 g/mol. The van der Waals surface area contributed by atoms with Crippen molar-refractivity contribution in [2.45, 2.75) is 31.7 Å². The maximum absolute atomic E-state index is 13.9. The van der Waals surface area contributed by atoms with Crippen LogP contribution in [0.3, 0.4) is 0 Å². The number of carbonyl (C=O) groups excluding carboxylic acids is 1. The molecular formula is C19H17F2N5O2S2. The largest absolute Gasteiger partial charge is 0.480 e. The molecule has 3 aromatic rings. The first-order chi connectivity index (χ1) is 14.4. The number of hydrogen-bond donors (Lipinski definition) is 1. The first-order valence-electron chi connectivity index (χ1n) is 8.88. The van der Waals surface area contributed by atoms with Crippen molar-refractivity contribution < 1.29 is 18.3 Å². The average Bonchev–Trinajstić information content (AvgIpc) is 3.34. The summed E-state index contributed by atoms with van der Waals surface area (Å²) in [6, 6.07) is 6.73. The molecule has 2 aromatic heterocycles. The van der Waals surface area contributed by atoms with E-state index in [1.165, 1.54) is 29.2 Å². The zero-order valence-corrected chi connectivity index (χ0v) is 17.7. The first kappa shape index (κ1) is 21.7. The zero-order valence-electron chi connectivity index (χ0n) is 16.1. The molecule has 0 saturated heterocycles. The lowest BCUT2D eigenvalue weighted by Gasteiger charge is -2.16. The Labute approximate surface area is 179 Å². The molecule has 0 spiro atoms. The molecular weight excluding hydrogens is 432 g/mol. The van der Waals surface area contributed by atoms with Gasteiger partial charge >= 0.3 is 0 Å². The Morgan fingerprint density at radius 2 is 2.20 bits per heavy atom. The number of aromatic nitrogens is 3. The lowest BCUT2D eigenvalue weighted by Crippen LogP contribution is -2.15. The third-order valence-electron chi connectivity index (χ3n) is 3.99. The molecule has 1 amide bonds. The summed E-state index contributed by atoms with van der Waals surface area (Å²) >= 11 is 2.46. The highest BCUT2D eigenvalue weighted by atomic mass is 32.2. The Morgan fingerprint density at radius 1 is 1.40 bits per heavy atom. The highest BCUT2D eigenvalue weighted by Crippen LogP contribution is 2.27. The molecule has 3 rings (SSSR count). The number of ether oxygens (including phenoxy) is 1. The van der Waals surface area contributed by atoms with Crippen LogP contribution in [0.1, 0.15) is 31.3 Å². The second-order valence-corrected chi connectivity index (χ2v) is 7.89. The number of halogens is 2. The summed E-state index contributed by atoms with van der Waals surface area (Å²) in [5.74, 6) is -1.33. The van der Waals surface area contributed by atoms with Gasteiger partial charge in [0.15, 0.2) is 28.7 Å². The fourth-order valence-electron chi connectivity index (χ4n) is 2.61. The summed E-state index contributed by atoms with van der Waals surface area (Å²) in [5, 5.41) is 22.7. The van der Waals surface area contributed by atoms with Crippen LogP contribution < -0.4 is 10.1 Å². The molecule has 1 unspecified atom stereocenters. The molecule has 7 nitrogen and oxygen atoms in total. The molecule has 0 aliphatic rings. The van der Waals surface area contributed by atoms with E-state index >= 15 is 0 Å². The first-order valence-corrected chi connectivity index (χ1v) is 10.7. The second kappa shape index (κ2) is 9.69. The summed E-state index contributed by atoms with van der Waals surface area (Å²) in [6.45, 7) is 4.07. The molecule has 0 radical (unpaired) electrons. The second-order valence-electron chi connectivity index (χ2n) is 6.03. The lowest BCUT2D eigenvalue weighted by atomic mass is 10.3. The summed E-state index contributed by atoms with van der Waals surface area (Å²) in [4.78, 5) is 12.2. The van der Waals surface area contributed by atoms with Crippen LogP contribution >= 0.6 is 23.1 Å². The number of thioether (sulfide) groups is 1. The number of nitrogens with one attached hydrogen (secondary N) is 1. The maximum Gasteiger partial charge on any atom is 0.235 e. The predicted octanol–water partition coefficient (Wildman–Crippen LogP) is 4.38. The Balaban J connectivity index is 1.66. The molecule has 0 bridgehead atoms. The Kier molecular flexibility index (Phi) is 7.02. The highest BCUT2D eigenvalue weighted by molar-refractivity contribution is 7.99. The molecule has 0 aliphatic heterocycles. The fraction of sp³-hybridized carbons (Fsp3) is 0.263. The molecule has 0 aliphatic carbocycles. The summed E-state index contributed by atoms with van der Waals surface area (Å²) in [6.07, 6.45) is -0.648. The van der Waals surface area contributed by atoms with Gasteiger partial charge in [-0.3, -0.25) is 4.79 Å². The van der Waals surface area contributed by atoms with Gasteiger partial charge in [-0.25, -0.2) is 8.78 Å². The van der Waals surface area contributed by atoms with Crippen LogP contribution in [0.5, 0.6) is 5.75 Å². The van der Waals surface area contributed by atoms with E-state index < -0.39 is 17.7 Å². The van der Waals surface area contributed by atoms with E-state index in [0.29, 0.717) is 28.1 Å². The molecule has 0 saturated carbocycles. The number of rotatable bonds is 8. The van der Waals surface area contributed by atoms with E-state index in [0.717, 1.165) is 12.1 Å². The van der Waals surface area contributed by atoms with Gasteiger partial charge in [-0.15, -0.1) is 21.5 Å². The molecule has 11 heteroatoms. The van der Waals surface area contributed by atoms with Crippen molar-refractivity contribution >= 4 is 34.0 Å². The van der Waals surface area contributed by atoms with Crippen molar-refractivity contribution in [1.82, 2.24) is 14.8 Å². The van der Waals surface area contributed by atoms with Gasteiger partial charge in [0.2, 0.25) is 5.91 Å². The van der Waals surface area contributed by atoms with E-state index in [9.17, 15) is 13.6 Å². The van der Waals surface area contributed by atoms with Crippen LogP contribution in [0.15, 0.2) is 34.8 Å². The molecule has 156 valence electrons. The summed E-state index contributed by atoms with van der Waals surface area (Å²) < 4.78 is 34.3.